The van der Waals surface area contributed by atoms with Gasteiger partial charge in [-0.15, -0.1) is 0 Å². The maximum Gasteiger partial charge on any atom is 0.170 e. The number of hydrogen-bond donors (Lipinski definition) is 1. The molecule has 1 aliphatic heterocycles. The molecule has 0 amide bonds. The van der Waals surface area contributed by atoms with E-state index in [0.29, 0.717) is 0 Å². The molecule has 1 fully saturated rings. The van der Waals surface area contributed by atoms with E-state index in [1.807, 2.05) is 18.3 Å². The predicted molar refractivity (Wildman–Crippen MR) is 137 cm³/mol. The van der Waals surface area contributed by atoms with Crippen molar-refractivity contribution in [3.8, 4) is 5.69 Å². The van der Waals surface area contributed by atoms with Gasteiger partial charge in [-0.2, -0.15) is 0 Å². The first-order chi connectivity index (χ1) is 16.1. The fourth-order valence-corrected chi connectivity index (χ4v) is 5.38. The van der Waals surface area contributed by atoms with Gasteiger partial charge in [-0.25, -0.2) is 0 Å². The van der Waals surface area contributed by atoms with Gasteiger partial charge in [0.05, 0.1) is 17.8 Å². The normalized spacial score (nSPS) is 17.9. The van der Waals surface area contributed by atoms with E-state index in [-0.39, 0.29) is 12.1 Å². The van der Waals surface area contributed by atoms with Crippen molar-refractivity contribution < 1.29 is 0 Å². The van der Waals surface area contributed by atoms with Crippen molar-refractivity contribution in [3.05, 3.63) is 119 Å². The zero-order valence-corrected chi connectivity index (χ0v) is 20.0. The minimum Gasteiger partial charge on any atom is -0.352 e. The van der Waals surface area contributed by atoms with Crippen LogP contribution in [0.15, 0.2) is 85.1 Å². The van der Waals surface area contributed by atoms with Crippen LogP contribution in [0.1, 0.15) is 45.9 Å². The Morgan fingerprint density at radius 3 is 2.18 bits per heavy atom. The lowest BCUT2D eigenvalue weighted by molar-refractivity contribution is 0.309. The molecule has 0 spiro atoms. The predicted octanol–water partition coefficient (Wildman–Crippen LogP) is 5.97. The van der Waals surface area contributed by atoms with E-state index in [1.54, 1.807) is 0 Å². The quantitative estimate of drug-likeness (QED) is 0.378. The van der Waals surface area contributed by atoms with Gasteiger partial charge >= 0.3 is 0 Å². The molecule has 0 radical (unpaired) electrons. The third-order valence-corrected chi connectivity index (χ3v) is 7.06. The van der Waals surface area contributed by atoms with Crippen LogP contribution in [0.2, 0.25) is 0 Å². The van der Waals surface area contributed by atoms with Gasteiger partial charge in [0, 0.05) is 35.4 Å². The summed E-state index contributed by atoms with van der Waals surface area (Å²) in [6.07, 6.45) is 1.86. The van der Waals surface area contributed by atoms with Crippen molar-refractivity contribution in [1.82, 2.24) is 19.8 Å². The Balaban J connectivity index is 1.67. The van der Waals surface area contributed by atoms with E-state index in [0.717, 1.165) is 17.4 Å². The first kappa shape index (κ1) is 21.4. The largest absolute Gasteiger partial charge is 0.352 e. The molecule has 5 rings (SSSR count). The standard InChI is InChI=1S/C28H28N4S/c1-19-20(2)32(23-14-8-5-9-15-23)21(3)25(19)27-26(24-16-10-11-17-29-24)30-28(33)31(27)18-22-12-6-4-7-13-22/h4-17,26-27H,18H2,1-3H3,(H,30,33)/t26-,27-/m0/s1. The molecule has 0 unspecified atom stereocenters. The van der Waals surface area contributed by atoms with Gasteiger partial charge in [-0.3, -0.25) is 4.98 Å². The van der Waals surface area contributed by atoms with E-state index in [9.17, 15) is 0 Å². The number of thiocarbonyl (C=S) groups is 1. The van der Waals surface area contributed by atoms with Gasteiger partial charge in [0.25, 0.3) is 0 Å². The van der Waals surface area contributed by atoms with E-state index >= 15 is 0 Å². The van der Waals surface area contributed by atoms with Crippen LogP contribution in [0, 0.1) is 20.8 Å². The smallest absolute Gasteiger partial charge is 0.170 e. The number of nitrogens with zero attached hydrogens (tertiary/aromatic N) is 3. The topological polar surface area (TPSA) is 33.1 Å². The molecule has 4 nitrogen and oxygen atoms in total. The summed E-state index contributed by atoms with van der Waals surface area (Å²) in [7, 11) is 0. The molecule has 1 saturated heterocycles. The van der Waals surface area contributed by atoms with Gasteiger partial charge in [-0.05, 0) is 68.4 Å². The first-order valence-corrected chi connectivity index (χ1v) is 11.7. The molecule has 0 bridgehead atoms. The highest BCUT2D eigenvalue weighted by Crippen LogP contribution is 2.44. The lowest BCUT2D eigenvalue weighted by atomic mass is 9.93. The number of nitrogens with one attached hydrogen (secondary N) is 1. The SMILES string of the molecule is Cc1c([C@H]2[C@H](c3ccccn3)NC(=S)N2Cc2ccccc2)c(C)n(-c2ccccc2)c1C. The van der Waals surface area contributed by atoms with Gasteiger partial charge in [-0.1, -0.05) is 54.6 Å². The zero-order valence-electron chi connectivity index (χ0n) is 19.2. The maximum atomic E-state index is 5.89. The van der Waals surface area contributed by atoms with Crippen molar-refractivity contribution in [3.63, 3.8) is 0 Å². The van der Waals surface area contributed by atoms with Gasteiger partial charge in [0.2, 0.25) is 0 Å². The highest BCUT2D eigenvalue weighted by Gasteiger charge is 2.42. The summed E-state index contributed by atoms with van der Waals surface area (Å²) in [4.78, 5) is 7.03. The second-order valence-corrected chi connectivity index (χ2v) is 9.01. The Morgan fingerprint density at radius 2 is 1.52 bits per heavy atom. The maximum absolute atomic E-state index is 5.89. The summed E-state index contributed by atoms with van der Waals surface area (Å²) < 4.78 is 2.36. The molecular formula is C28H28N4S. The van der Waals surface area contributed by atoms with Crippen LogP contribution in [-0.4, -0.2) is 19.6 Å². The molecule has 1 aliphatic rings. The Labute approximate surface area is 200 Å². The molecule has 3 heterocycles. The Morgan fingerprint density at radius 1 is 0.848 bits per heavy atom. The third-order valence-electron chi connectivity index (χ3n) is 6.71. The number of aromatic nitrogens is 2. The second kappa shape index (κ2) is 8.83. The zero-order chi connectivity index (χ0) is 22.9. The van der Waals surface area contributed by atoms with Crippen LogP contribution in [0.3, 0.4) is 0 Å². The molecule has 1 N–H and O–H groups in total. The number of rotatable bonds is 5. The van der Waals surface area contributed by atoms with Crippen LogP contribution in [0.5, 0.6) is 0 Å². The van der Waals surface area contributed by atoms with Crippen molar-refractivity contribution >= 4 is 17.3 Å². The van der Waals surface area contributed by atoms with E-state index in [1.165, 1.54) is 33.8 Å². The van der Waals surface area contributed by atoms with Crippen LogP contribution >= 0.6 is 12.2 Å². The van der Waals surface area contributed by atoms with E-state index in [4.69, 9.17) is 17.2 Å². The fourth-order valence-electron chi connectivity index (χ4n) is 5.08. The summed E-state index contributed by atoms with van der Waals surface area (Å²) in [5.74, 6) is 0. The van der Waals surface area contributed by atoms with Gasteiger partial charge in [0.15, 0.2) is 5.11 Å². The molecule has 33 heavy (non-hydrogen) atoms. The summed E-state index contributed by atoms with van der Waals surface area (Å²) in [5, 5.41) is 4.36. The molecule has 4 aromatic rings. The molecule has 5 heteroatoms. The Hall–Kier alpha value is -3.44. The number of benzene rings is 2. The van der Waals surface area contributed by atoms with Gasteiger partial charge in [0.1, 0.15) is 0 Å². The summed E-state index contributed by atoms with van der Waals surface area (Å²) in [5.41, 5.74) is 8.53. The summed E-state index contributed by atoms with van der Waals surface area (Å²) >= 11 is 5.89. The average molecular weight is 453 g/mol. The van der Waals surface area contributed by atoms with Crippen molar-refractivity contribution in [2.75, 3.05) is 0 Å². The fraction of sp³-hybridized carbons (Fsp3) is 0.214. The van der Waals surface area contributed by atoms with Gasteiger partial charge < -0.3 is 14.8 Å². The molecular weight excluding hydrogens is 424 g/mol. The molecule has 0 aliphatic carbocycles. The van der Waals surface area contributed by atoms with Crippen molar-refractivity contribution in [1.29, 1.82) is 0 Å². The number of para-hydroxylation sites is 1. The lowest BCUT2D eigenvalue weighted by Gasteiger charge is -2.29. The van der Waals surface area contributed by atoms with E-state index < -0.39 is 0 Å². The lowest BCUT2D eigenvalue weighted by Crippen LogP contribution is -2.29. The highest BCUT2D eigenvalue weighted by molar-refractivity contribution is 7.80. The minimum atomic E-state index is -0.0224. The Kier molecular flexibility index (Phi) is 5.73. The molecule has 2 aromatic heterocycles. The number of hydrogen-bond acceptors (Lipinski definition) is 2. The van der Waals surface area contributed by atoms with Crippen molar-refractivity contribution in [2.24, 2.45) is 0 Å². The minimum absolute atomic E-state index is 0.0224. The number of pyridine rings is 1. The first-order valence-electron chi connectivity index (χ1n) is 11.3. The Bertz CT molecular complexity index is 1270. The van der Waals surface area contributed by atoms with Crippen LogP contribution in [0.25, 0.3) is 5.69 Å². The summed E-state index contributed by atoms with van der Waals surface area (Å²) in [6, 6.07) is 27.2. The van der Waals surface area contributed by atoms with Crippen LogP contribution in [-0.2, 0) is 6.54 Å². The van der Waals surface area contributed by atoms with Crippen LogP contribution < -0.4 is 5.32 Å². The van der Waals surface area contributed by atoms with E-state index in [2.05, 4.69) is 102 Å². The summed E-state index contributed by atoms with van der Waals surface area (Å²) in [6.45, 7) is 7.40. The average Bonchev–Trinajstić information content (AvgIpc) is 3.27. The monoisotopic (exact) mass is 452 g/mol. The highest BCUT2D eigenvalue weighted by atomic mass is 32.1. The third kappa shape index (κ3) is 3.83. The molecule has 2 aromatic carbocycles. The van der Waals surface area contributed by atoms with Crippen LogP contribution in [0.4, 0.5) is 0 Å². The molecule has 2 atom stereocenters. The second-order valence-electron chi connectivity index (χ2n) is 8.62. The molecule has 0 saturated carbocycles. The molecule has 166 valence electrons. The van der Waals surface area contributed by atoms with Crippen molar-refractivity contribution in [2.45, 2.75) is 39.4 Å².